The lowest BCUT2D eigenvalue weighted by atomic mass is 9.93. The zero-order chi connectivity index (χ0) is 17.6. The van der Waals surface area contributed by atoms with Crippen molar-refractivity contribution in [1.29, 1.82) is 0 Å². The molecule has 1 aromatic rings. The molecule has 25 heavy (non-hydrogen) atoms. The number of benzene rings is 1. The minimum Gasteiger partial charge on any atom is -0.384 e. The minimum absolute atomic E-state index is 0.431. The molecule has 1 saturated heterocycles. The first-order valence-corrected chi connectivity index (χ1v) is 9.10. The monoisotopic (exact) mass is 339 g/mol. The topological polar surface area (TPSA) is 79.7 Å². The van der Waals surface area contributed by atoms with Gasteiger partial charge in [0.2, 0.25) is 0 Å². The standard InChI is InChI=1S/C20H29N5/c1-2-23-10-8-19(21)24-18-5-3-4-15(12-18)9-11-25-13-16-6-7-17(14-25)20(16)22/h2-5,8,10,12,16-17,20,23H,1,6-7,9,11,13-14,22H2,(H2,21,24)/b10-8-. The lowest BCUT2D eigenvalue weighted by molar-refractivity contribution is 0.149. The van der Waals surface area contributed by atoms with Gasteiger partial charge < -0.3 is 21.7 Å². The van der Waals surface area contributed by atoms with E-state index in [1.165, 1.54) is 18.4 Å². The maximum absolute atomic E-state index is 6.29. The van der Waals surface area contributed by atoms with Gasteiger partial charge in [0.15, 0.2) is 0 Å². The summed E-state index contributed by atoms with van der Waals surface area (Å²) >= 11 is 0. The Hall–Kier alpha value is -2.11. The molecule has 5 nitrogen and oxygen atoms in total. The Morgan fingerprint density at radius 2 is 2.08 bits per heavy atom. The molecule has 0 aromatic heterocycles. The molecule has 134 valence electrons. The third kappa shape index (κ3) is 4.71. The van der Waals surface area contributed by atoms with Crippen LogP contribution in [0.15, 0.2) is 54.3 Å². The minimum atomic E-state index is 0.431. The zero-order valence-corrected chi connectivity index (χ0v) is 14.8. The first kappa shape index (κ1) is 17.7. The van der Waals surface area contributed by atoms with Crippen molar-refractivity contribution in [1.82, 2.24) is 10.2 Å². The summed E-state index contributed by atoms with van der Waals surface area (Å²) in [6.07, 6.45) is 8.67. The van der Waals surface area contributed by atoms with Crippen LogP contribution in [-0.4, -0.2) is 36.4 Å². The highest BCUT2D eigenvalue weighted by Crippen LogP contribution is 2.35. The van der Waals surface area contributed by atoms with Gasteiger partial charge in [-0.25, -0.2) is 4.99 Å². The van der Waals surface area contributed by atoms with E-state index >= 15 is 0 Å². The Bertz CT molecular complexity index is 637. The van der Waals surface area contributed by atoms with E-state index in [9.17, 15) is 0 Å². The van der Waals surface area contributed by atoms with Crippen LogP contribution in [0.4, 0.5) is 5.69 Å². The summed E-state index contributed by atoms with van der Waals surface area (Å²) in [4.78, 5) is 7.02. The third-order valence-electron chi connectivity index (χ3n) is 5.34. The van der Waals surface area contributed by atoms with Crippen LogP contribution >= 0.6 is 0 Å². The number of nitrogens with two attached hydrogens (primary N) is 2. The smallest absolute Gasteiger partial charge is 0.125 e. The number of hydrogen-bond acceptors (Lipinski definition) is 4. The molecule has 0 amide bonds. The summed E-state index contributed by atoms with van der Waals surface area (Å²) in [7, 11) is 0. The lowest BCUT2D eigenvalue weighted by Crippen LogP contribution is -2.49. The summed E-state index contributed by atoms with van der Waals surface area (Å²) < 4.78 is 0. The second-order valence-electron chi connectivity index (χ2n) is 7.10. The molecule has 5 heteroatoms. The molecule has 2 aliphatic rings. The third-order valence-corrected chi connectivity index (χ3v) is 5.34. The van der Waals surface area contributed by atoms with E-state index in [0.717, 1.165) is 31.7 Å². The predicted molar refractivity (Wildman–Crippen MR) is 105 cm³/mol. The van der Waals surface area contributed by atoms with Gasteiger partial charge in [-0.2, -0.15) is 0 Å². The summed E-state index contributed by atoms with van der Waals surface area (Å²) in [6.45, 7) is 6.98. The highest BCUT2D eigenvalue weighted by atomic mass is 15.1. The molecule has 2 atom stereocenters. The largest absolute Gasteiger partial charge is 0.384 e. The van der Waals surface area contributed by atoms with E-state index < -0.39 is 0 Å². The average molecular weight is 339 g/mol. The van der Waals surface area contributed by atoms with E-state index in [1.54, 1.807) is 18.5 Å². The molecule has 2 bridgehead atoms. The second-order valence-corrected chi connectivity index (χ2v) is 7.10. The Morgan fingerprint density at radius 3 is 2.80 bits per heavy atom. The highest BCUT2D eigenvalue weighted by molar-refractivity contribution is 5.93. The van der Waals surface area contributed by atoms with Crippen molar-refractivity contribution >= 4 is 11.5 Å². The number of fused-ring (bicyclic) bond motifs is 2. The molecular formula is C20H29N5. The van der Waals surface area contributed by atoms with E-state index in [1.807, 2.05) is 12.1 Å². The Balaban J connectivity index is 1.55. The van der Waals surface area contributed by atoms with Crippen LogP contribution in [0.5, 0.6) is 0 Å². The summed E-state index contributed by atoms with van der Waals surface area (Å²) in [6, 6.07) is 8.73. The Kier molecular flexibility index (Phi) is 5.89. The first-order valence-electron chi connectivity index (χ1n) is 9.10. The van der Waals surface area contributed by atoms with Crippen molar-refractivity contribution in [3.63, 3.8) is 0 Å². The van der Waals surface area contributed by atoms with Gasteiger partial charge in [-0.05, 0) is 61.1 Å². The number of amidine groups is 1. The maximum Gasteiger partial charge on any atom is 0.125 e. The molecule has 2 unspecified atom stereocenters. The van der Waals surface area contributed by atoms with Crippen molar-refractivity contribution in [2.24, 2.45) is 28.3 Å². The fraction of sp³-hybridized carbons (Fsp3) is 0.450. The van der Waals surface area contributed by atoms with Crippen LogP contribution in [0.2, 0.25) is 0 Å². The summed E-state index contributed by atoms with van der Waals surface area (Å²) in [5.74, 6) is 1.86. The van der Waals surface area contributed by atoms with E-state index in [2.05, 4.69) is 33.9 Å². The molecule has 2 fully saturated rings. The SMILES string of the molecule is C=CN/C=C\C(N)=Nc1cccc(CCN2CC3CCC(C2)C3N)c1. The lowest BCUT2D eigenvalue weighted by Gasteiger charge is -2.36. The van der Waals surface area contributed by atoms with Gasteiger partial charge >= 0.3 is 0 Å². The molecule has 0 radical (unpaired) electrons. The number of piperidine rings is 1. The number of aliphatic imine (C=N–C) groups is 1. The van der Waals surface area contributed by atoms with E-state index in [4.69, 9.17) is 11.5 Å². The van der Waals surface area contributed by atoms with Crippen molar-refractivity contribution < 1.29 is 0 Å². The quantitative estimate of drug-likeness (QED) is 0.525. The normalized spacial score (nSPS) is 26.9. The molecule has 3 rings (SSSR count). The van der Waals surface area contributed by atoms with Gasteiger partial charge in [0, 0.05) is 31.9 Å². The molecular weight excluding hydrogens is 310 g/mol. The molecule has 0 spiro atoms. The van der Waals surface area contributed by atoms with Gasteiger partial charge in [-0.1, -0.05) is 18.7 Å². The van der Waals surface area contributed by atoms with Crippen LogP contribution in [0, 0.1) is 11.8 Å². The zero-order valence-electron chi connectivity index (χ0n) is 14.8. The van der Waals surface area contributed by atoms with Crippen LogP contribution < -0.4 is 16.8 Å². The van der Waals surface area contributed by atoms with E-state index in [0.29, 0.717) is 23.7 Å². The fourth-order valence-corrected chi connectivity index (χ4v) is 4.00. The summed E-state index contributed by atoms with van der Waals surface area (Å²) in [5, 5.41) is 2.86. The van der Waals surface area contributed by atoms with Gasteiger partial charge in [-0.3, -0.25) is 0 Å². The summed E-state index contributed by atoms with van der Waals surface area (Å²) in [5.41, 5.74) is 14.4. The van der Waals surface area contributed by atoms with Gasteiger partial charge in [0.25, 0.3) is 0 Å². The van der Waals surface area contributed by atoms with Crippen molar-refractivity contribution in [2.75, 3.05) is 19.6 Å². The number of nitrogens with one attached hydrogen (secondary N) is 1. The van der Waals surface area contributed by atoms with Gasteiger partial charge in [0.05, 0.1) is 5.69 Å². The highest BCUT2D eigenvalue weighted by Gasteiger charge is 2.39. The van der Waals surface area contributed by atoms with E-state index in [-0.39, 0.29) is 0 Å². The molecule has 1 heterocycles. The molecule has 1 aromatic carbocycles. The van der Waals surface area contributed by atoms with Gasteiger partial charge in [0.1, 0.15) is 5.84 Å². The Labute approximate surface area is 150 Å². The van der Waals surface area contributed by atoms with Crippen LogP contribution in [0.3, 0.4) is 0 Å². The Morgan fingerprint density at radius 1 is 1.32 bits per heavy atom. The van der Waals surface area contributed by atoms with Gasteiger partial charge in [-0.15, -0.1) is 0 Å². The number of rotatable bonds is 7. The van der Waals surface area contributed by atoms with Crippen molar-refractivity contribution in [3.8, 4) is 0 Å². The first-order chi connectivity index (χ1) is 12.2. The molecule has 1 saturated carbocycles. The maximum atomic E-state index is 6.29. The number of likely N-dealkylation sites (tertiary alicyclic amines) is 1. The average Bonchev–Trinajstić information content (AvgIpc) is 2.82. The van der Waals surface area contributed by atoms with Crippen molar-refractivity contribution in [2.45, 2.75) is 25.3 Å². The molecule has 5 N–H and O–H groups in total. The van der Waals surface area contributed by atoms with Crippen LogP contribution in [-0.2, 0) is 6.42 Å². The fourth-order valence-electron chi connectivity index (χ4n) is 4.00. The molecule has 1 aliphatic carbocycles. The van der Waals surface area contributed by atoms with Crippen LogP contribution in [0.1, 0.15) is 18.4 Å². The number of nitrogens with zero attached hydrogens (tertiary/aromatic N) is 2. The van der Waals surface area contributed by atoms with Crippen LogP contribution in [0.25, 0.3) is 0 Å². The second kappa shape index (κ2) is 8.32. The van der Waals surface area contributed by atoms with Crippen molar-refractivity contribution in [3.05, 3.63) is 54.9 Å². The molecule has 1 aliphatic heterocycles. The number of hydrogen-bond donors (Lipinski definition) is 3. The predicted octanol–water partition coefficient (Wildman–Crippen LogP) is 2.13.